The minimum atomic E-state index is -0.288. The van der Waals surface area contributed by atoms with Crippen LogP contribution in [0.5, 0.6) is 11.5 Å². The lowest BCUT2D eigenvalue weighted by molar-refractivity contribution is 0.395. The van der Waals surface area contributed by atoms with E-state index >= 15 is 0 Å². The molecule has 0 spiro atoms. The summed E-state index contributed by atoms with van der Waals surface area (Å²) in [6.45, 7) is 2.26. The van der Waals surface area contributed by atoms with Gasteiger partial charge in [0.2, 0.25) is 5.95 Å². The van der Waals surface area contributed by atoms with Gasteiger partial charge in [-0.15, -0.1) is 0 Å². The molecule has 0 amide bonds. The molecule has 0 fully saturated rings. The summed E-state index contributed by atoms with van der Waals surface area (Å²) in [5.41, 5.74) is 1.69. The Kier molecular flexibility index (Phi) is 6.21. The van der Waals surface area contributed by atoms with E-state index in [9.17, 15) is 4.79 Å². The number of pyridine rings is 1. The molecule has 2 aromatic carbocycles. The number of aromatic nitrogens is 3. The number of aryl methyl sites for hydroxylation is 1. The average Bonchev–Trinajstić information content (AvgIpc) is 2.80. The van der Waals surface area contributed by atoms with Gasteiger partial charge in [-0.3, -0.25) is 9.36 Å². The highest BCUT2D eigenvalue weighted by molar-refractivity contribution is 6.41. The zero-order valence-corrected chi connectivity index (χ0v) is 19.2. The average molecular weight is 471 g/mol. The lowest BCUT2D eigenvalue weighted by Crippen LogP contribution is -2.22. The van der Waals surface area contributed by atoms with E-state index in [0.717, 1.165) is 5.69 Å². The van der Waals surface area contributed by atoms with Gasteiger partial charge in [-0.1, -0.05) is 41.4 Å². The summed E-state index contributed by atoms with van der Waals surface area (Å²) in [6, 6.07) is 12.8. The normalized spacial score (nSPS) is 10.9. The number of rotatable bonds is 6. The van der Waals surface area contributed by atoms with Crippen molar-refractivity contribution in [1.82, 2.24) is 14.5 Å². The fraction of sp³-hybridized carbons (Fsp3) is 0.174. The molecule has 0 saturated carbocycles. The van der Waals surface area contributed by atoms with Crippen molar-refractivity contribution >= 4 is 45.9 Å². The second-order valence-corrected chi connectivity index (χ2v) is 7.61. The van der Waals surface area contributed by atoms with Crippen LogP contribution < -0.4 is 20.3 Å². The smallest absolute Gasteiger partial charge is 0.260 e. The van der Waals surface area contributed by atoms with Gasteiger partial charge < -0.3 is 14.8 Å². The van der Waals surface area contributed by atoms with E-state index in [1.165, 1.54) is 14.2 Å². The molecule has 0 bridgehead atoms. The summed E-state index contributed by atoms with van der Waals surface area (Å²) in [4.78, 5) is 22.4. The maximum atomic E-state index is 13.5. The van der Waals surface area contributed by atoms with E-state index in [1.807, 2.05) is 37.3 Å². The van der Waals surface area contributed by atoms with Crippen molar-refractivity contribution < 1.29 is 9.47 Å². The number of para-hydroxylation sites is 1. The minimum Gasteiger partial charge on any atom is -0.495 e. The molecule has 164 valence electrons. The molecule has 0 saturated heterocycles. The third kappa shape index (κ3) is 3.85. The van der Waals surface area contributed by atoms with E-state index in [2.05, 4.69) is 15.3 Å². The topological polar surface area (TPSA) is 78.3 Å². The van der Waals surface area contributed by atoms with Crippen molar-refractivity contribution in [3.8, 4) is 22.6 Å². The van der Waals surface area contributed by atoms with Crippen LogP contribution in [0.25, 0.3) is 22.2 Å². The third-order valence-corrected chi connectivity index (χ3v) is 5.77. The first-order valence-electron chi connectivity index (χ1n) is 9.81. The molecule has 0 aliphatic heterocycles. The number of nitrogens with zero attached hydrogens (tertiary/aromatic N) is 3. The number of benzene rings is 2. The van der Waals surface area contributed by atoms with Crippen LogP contribution in [-0.2, 0) is 6.54 Å². The molecule has 9 heteroatoms. The Labute approximate surface area is 194 Å². The quantitative estimate of drug-likeness (QED) is 0.398. The molecule has 32 heavy (non-hydrogen) atoms. The Morgan fingerprint density at radius 2 is 1.69 bits per heavy atom. The Morgan fingerprint density at radius 3 is 2.28 bits per heavy atom. The molecular formula is C23H20Cl2N4O3. The maximum Gasteiger partial charge on any atom is 0.260 e. The van der Waals surface area contributed by atoms with Crippen LogP contribution >= 0.6 is 23.2 Å². The zero-order valence-electron chi connectivity index (χ0n) is 17.6. The van der Waals surface area contributed by atoms with Crippen molar-refractivity contribution in [3.63, 3.8) is 0 Å². The minimum absolute atomic E-state index is 0.223. The largest absolute Gasteiger partial charge is 0.495 e. The summed E-state index contributed by atoms with van der Waals surface area (Å²) in [7, 11) is 2.97. The lowest BCUT2D eigenvalue weighted by atomic mass is 10.0. The molecule has 4 rings (SSSR count). The zero-order chi connectivity index (χ0) is 22.8. The van der Waals surface area contributed by atoms with E-state index in [-0.39, 0.29) is 15.6 Å². The van der Waals surface area contributed by atoms with Crippen LogP contribution in [0, 0.1) is 0 Å². The van der Waals surface area contributed by atoms with Crippen molar-refractivity contribution in [3.05, 3.63) is 69.1 Å². The summed E-state index contributed by atoms with van der Waals surface area (Å²) in [5.74, 6) is 1.09. The predicted octanol–water partition coefficient (Wildman–Crippen LogP) is 5.55. The third-order valence-electron chi connectivity index (χ3n) is 5.02. The van der Waals surface area contributed by atoms with E-state index in [0.29, 0.717) is 46.2 Å². The van der Waals surface area contributed by atoms with Gasteiger partial charge in [-0.05, 0) is 25.1 Å². The number of methoxy groups -OCH3 is 2. The number of fused-ring (bicyclic) bond motifs is 1. The lowest BCUT2D eigenvalue weighted by Gasteiger charge is -2.16. The van der Waals surface area contributed by atoms with Gasteiger partial charge in [0, 0.05) is 35.4 Å². The molecule has 2 heterocycles. The van der Waals surface area contributed by atoms with Crippen molar-refractivity contribution in [2.75, 3.05) is 19.5 Å². The van der Waals surface area contributed by atoms with Gasteiger partial charge in [-0.25, -0.2) is 4.98 Å². The number of halogens is 2. The fourth-order valence-electron chi connectivity index (χ4n) is 3.46. The van der Waals surface area contributed by atoms with Crippen molar-refractivity contribution in [2.24, 2.45) is 0 Å². The molecule has 1 N–H and O–H groups in total. The molecular weight excluding hydrogens is 451 g/mol. The predicted molar refractivity (Wildman–Crippen MR) is 128 cm³/mol. The number of anilines is 2. The molecule has 0 radical (unpaired) electrons. The number of nitrogens with one attached hydrogen (secondary N) is 1. The van der Waals surface area contributed by atoms with Gasteiger partial charge in [0.15, 0.2) is 0 Å². The van der Waals surface area contributed by atoms with Gasteiger partial charge in [-0.2, -0.15) is 4.98 Å². The molecule has 7 nitrogen and oxygen atoms in total. The number of hydrogen-bond donors (Lipinski definition) is 1. The standard InChI is InChI=1S/C23H20Cl2N4O3/c1-4-29-21-13(12-26-23(28-21)27-14-8-6-5-7-9-14)10-15(22(29)30)18-19(24)16(31-2)11-17(32-3)20(18)25/h5-12H,4H2,1-3H3,(H,26,27,28). The monoisotopic (exact) mass is 470 g/mol. The first kappa shape index (κ1) is 21.9. The first-order chi connectivity index (χ1) is 15.5. The van der Waals surface area contributed by atoms with Crippen LogP contribution in [0.1, 0.15) is 6.92 Å². The molecule has 0 aliphatic carbocycles. The Hall–Kier alpha value is -3.29. The summed E-state index contributed by atoms with van der Waals surface area (Å²) in [5, 5.41) is 4.26. The summed E-state index contributed by atoms with van der Waals surface area (Å²) >= 11 is 13.1. The first-order valence-corrected chi connectivity index (χ1v) is 10.6. The SMILES string of the molecule is CCn1c(=O)c(-c2c(Cl)c(OC)cc(OC)c2Cl)cc2cnc(Nc3ccccc3)nc21. The van der Waals surface area contributed by atoms with Crippen molar-refractivity contribution in [2.45, 2.75) is 13.5 Å². The molecule has 0 aliphatic rings. The number of ether oxygens (including phenoxy) is 2. The molecule has 2 aromatic heterocycles. The van der Waals surface area contributed by atoms with Crippen LogP contribution in [0.15, 0.2) is 53.5 Å². The molecule has 0 atom stereocenters. The van der Waals surface area contributed by atoms with Crippen LogP contribution in [-0.4, -0.2) is 28.8 Å². The van der Waals surface area contributed by atoms with Crippen LogP contribution in [0.2, 0.25) is 10.0 Å². The highest BCUT2D eigenvalue weighted by atomic mass is 35.5. The van der Waals surface area contributed by atoms with E-state index in [1.54, 1.807) is 22.9 Å². The van der Waals surface area contributed by atoms with Crippen LogP contribution in [0.3, 0.4) is 0 Å². The Morgan fingerprint density at radius 1 is 1.03 bits per heavy atom. The number of hydrogen-bond acceptors (Lipinski definition) is 6. The molecule has 0 unspecified atom stereocenters. The summed E-state index contributed by atoms with van der Waals surface area (Å²) in [6.07, 6.45) is 1.65. The van der Waals surface area contributed by atoms with Crippen molar-refractivity contribution in [1.29, 1.82) is 0 Å². The van der Waals surface area contributed by atoms with E-state index < -0.39 is 0 Å². The van der Waals surface area contributed by atoms with Gasteiger partial charge >= 0.3 is 0 Å². The maximum absolute atomic E-state index is 13.5. The Balaban J connectivity index is 1.93. The molecule has 4 aromatic rings. The fourth-order valence-corrected chi connectivity index (χ4v) is 4.17. The second-order valence-electron chi connectivity index (χ2n) is 6.86. The van der Waals surface area contributed by atoms with Crippen LogP contribution in [0.4, 0.5) is 11.6 Å². The second kappa shape index (κ2) is 9.06. The van der Waals surface area contributed by atoms with E-state index in [4.69, 9.17) is 32.7 Å². The van der Waals surface area contributed by atoms with Gasteiger partial charge in [0.25, 0.3) is 5.56 Å². The summed E-state index contributed by atoms with van der Waals surface area (Å²) < 4.78 is 12.3. The highest BCUT2D eigenvalue weighted by Crippen LogP contribution is 2.45. The Bertz CT molecular complexity index is 1330. The highest BCUT2D eigenvalue weighted by Gasteiger charge is 2.23. The van der Waals surface area contributed by atoms with Gasteiger partial charge in [0.1, 0.15) is 17.1 Å². The van der Waals surface area contributed by atoms with Gasteiger partial charge in [0.05, 0.1) is 29.8 Å².